The normalized spacial score (nSPS) is 14.1. The van der Waals surface area contributed by atoms with Gasteiger partial charge >= 0.3 is 0 Å². The summed E-state index contributed by atoms with van der Waals surface area (Å²) in [6, 6.07) is 0. The van der Waals surface area contributed by atoms with E-state index < -0.39 is 5.72 Å². The molecule has 0 bridgehead atoms. The van der Waals surface area contributed by atoms with Crippen LogP contribution in [0.25, 0.3) is 0 Å². The molecule has 0 aromatic heterocycles. The third-order valence-corrected chi connectivity index (χ3v) is 5.06. The van der Waals surface area contributed by atoms with Gasteiger partial charge in [-0.3, -0.25) is 5.32 Å². The van der Waals surface area contributed by atoms with Gasteiger partial charge in [0.2, 0.25) is 0 Å². The number of nitrogens with one attached hydrogen (secondary N) is 1. The lowest BCUT2D eigenvalue weighted by Crippen LogP contribution is -2.39. The Balaban J connectivity index is 3.05. The molecule has 0 fully saturated rings. The molecule has 23 heavy (non-hydrogen) atoms. The molecule has 1 atom stereocenters. The molecule has 0 rings (SSSR count). The number of unbranched alkanes of at least 4 members (excludes halogenated alkanes) is 15. The van der Waals surface area contributed by atoms with E-state index in [0.717, 1.165) is 12.8 Å². The Hall–Kier alpha value is -0.0800. The average molecular weight is 328 g/mol. The van der Waals surface area contributed by atoms with Gasteiger partial charge in [0, 0.05) is 0 Å². The molecule has 0 heterocycles. The van der Waals surface area contributed by atoms with Gasteiger partial charge in [0.1, 0.15) is 5.72 Å². The molecule has 0 aromatic rings. The molecular formula is C21H45NO. The summed E-state index contributed by atoms with van der Waals surface area (Å²) in [5.41, 5.74) is -0.671. The monoisotopic (exact) mass is 327 g/mol. The van der Waals surface area contributed by atoms with Crippen LogP contribution in [-0.4, -0.2) is 17.9 Å². The molecule has 0 radical (unpaired) electrons. The Labute approximate surface area is 146 Å². The highest BCUT2D eigenvalue weighted by molar-refractivity contribution is 4.66. The van der Waals surface area contributed by atoms with Crippen LogP contribution in [0.5, 0.6) is 0 Å². The van der Waals surface area contributed by atoms with Crippen molar-refractivity contribution >= 4 is 0 Å². The van der Waals surface area contributed by atoms with Gasteiger partial charge in [-0.1, -0.05) is 103 Å². The highest BCUT2D eigenvalue weighted by Gasteiger charge is 2.15. The van der Waals surface area contributed by atoms with Gasteiger partial charge in [0.25, 0.3) is 0 Å². The molecule has 0 saturated carbocycles. The van der Waals surface area contributed by atoms with Crippen molar-refractivity contribution in [2.24, 2.45) is 0 Å². The quantitative estimate of drug-likeness (QED) is 0.220. The Morgan fingerprint density at radius 3 is 1.22 bits per heavy atom. The predicted molar refractivity (Wildman–Crippen MR) is 104 cm³/mol. The summed E-state index contributed by atoms with van der Waals surface area (Å²) < 4.78 is 0. The zero-order valence-corrected chi connectivity index (χ0v) is 16.5. The van der Waals surface area contributed by atoms with Crippen LogP contribution in [0.15, 0.2) is 0 Å². The van der Waals surface area contributed by atoms with Crippen LogP contribution in [-0.2, 0) is 0 Å². The highest BCUT2D eigenvalue weighted by atomic mass is 16.3. The smallest absolute Gasteiger partial charge is 0.112 e. The maximum atomic E-state index is 9.83. The second-order valence-corrected chi connectivity index (χ2v) is 7.58. The Morgan fingerprint density at radius 2 is 0.913 bits per heavy atom. The van der Waals surface area contributed by atoms with Crippen molar-refractivity contribution in [1.29, 1.82) is 0 Å². The van der Waals surface area contributed by atoms with Gasteiger partial charge in [-0.25, -0.2) is 0 Å². The number of hydrogen-bond acceptors (Lipinski definition) is 2. The zero-order valence-electron chi connectivity index (χ0n) is 16.5. The minimum Gasteiger partial charge on any atom is -0.376 e. The summed E-state index contributed by atoms with van der Waals surface area (Å²) in [6.07, 6.45) is 23.2. The van der Waals surface area contributed by atoms with E-state index in [1.165, 1.54) is 96.3 Å². The topological polar surface area (TPSA) is 32.3 Å². The largest absolute Gasteiger partial charge is 0.376 e. The maximum absolute atomic E-state index is 9.83. The van der Waals surface area contributed by atoms with Crippen molar-refractivity contribution in [2.75, 3.05) is 7.05 Å². The first-order chi connectivity index (χ1) is 11.1. The van der Waals surface area contributed by atoms with Crippen LogP contribution in [0.2, 0.25) is 0 Å². The van der Waals surface area contributed by atoms with Crippen LogP contribution < -0.4 is 5.32 Å². The zero-order chi connectivity index (χ0) is 17.2. The van der Waals surface area contributed by atoms with Gasteiger partial charge in [0.05, 0.1) is 0 Å². The van der Waals surface area contributed by atoms with E-state index in [9.17, 15) is 5.11 Å². The third kappa shape index (κ3) is 18.1. The summed E-state index contributed by atoms with van der Waals surface area (Å²) >= 11 is 0. The standard InChI is InChI=1S/C21H45NO/c1-4-5-6-7-8-9-10-11-12-13-14-15-16-17-18-19-20-21(2,23)22-3/h22-23H,4-20H2,1-3H3. The summed E-state index contributed by atoms with van der Waals surface area (Å²) in [5, 5.41) is 12.8. The number of rotatable bonds is 18. The Kier molecular flexibility index (Phi) is 16.7. The minimum absolute atomic E-state index is 0.671. The lowest BCUT2D eigenvalue weighted by Gasteiger charge is -2.22. The second-order valence-electron chi connectivity index (χ2n) is 7.58. The van der Waals surface area contributed by atoms with Crippen molar-refractivity contribution in [3.63, 3.8) is 0 Å². The molecule has 1 unspecified atom stereocenters. The summed E-state index contributed by atoms with van der Waals surface area (Å²) in [6.45, 7) is 4.15. The van der Waals surface area contributed by atoms with Crippen molar-refractivity contribution in [3.8, 4) is 0 Å². The van der Waals surface area contributed by atoms with E-state index in [4.69, 9.17) is 0 Å². The van der Waals surface area contributed by atoms with E-state index in [0.29, 0.717) is 0 Å². The van der Waals surface area contributed by atoms with Crippen LogP contribution in [0.3, 0.4) is 0 Å². The number of aliphatic hydroxyl groups is 1. The summed E-state index contributed by atoms with van der Waals surface area (Å²) in [4.78, 5) is 0. The molecule has 0 spiro atoms. The molecular weight excluding hydrogens is 282 g/mol. The molecule has 140 valence electrons. The molecule has 0 aromatic carbocycles. The third-order valence-electron chi connectivity index (χ3n) is 5.06. The lowest BCUT2D eigenvalue weighted by atomic mass is 10.0. The van der Waals surface area contributed by atoms with Crippen LogP contribution in [0, 0.1) is 0 Å². The lowest BCUT2D eigenvalue weighted by molar-refractivity contribution is 0.0209. The molecule has 2 heteroatoms. The van der Waals surface area contributed by atoms with Crippen LogP contribution >= 0.6 is 0 Å². The molecule has 0 amide bonds. The number of hydrogen-bond donors (Lipinski definition) is 2. The Morgan fingerprint density at radius 1 is 0.609 bits per heavy atom. The molecule has 2 N–H and O–H groups in total. The maximum Gasteiger partial charge on any atom is 0.112 e. The Bertz CT molecular complexity index is 228. The van der Waals surface area contributed by atoms with Crippen molar-refractivity contribution < 1.29 is 5.11 Å². The van der Waals surface area contributed by atoms with Gasteiger partial charge in [-0.2, -0.15) is 0 Å². The van der Waals surface area contributed by atoms with Gasteiger partial charge in [0.15, 0.2) is 0 Å². The van der Waals surface area contributed by atoms with Gasteiger partial charge in [-0.05, 0) is 26.8 Å². The van der Waals surface area contributed by atoms with E-state index in [1.54, 1.807) is 0 Å². The SMILES string of the molecule is CCCCCCCCCCCCCCCCCCC(C)(O)NC. The summed E-state index contributed by atoms with van der Waals surface area (Å²) in [7, 11) is 1.83. The molecule has 0 saturated heterocycles. The van der Waals surface area contributed by atoms with Crippen molar-refractivity contribution in [2.45, 2.75) is 129 Å². The van der Waals surface area contributed by atoms with Crippen molar-refractivity contribution in [3.05, 3.63) is 0 Å². The van der Waals surface area contributed by atoms with E-state index in [-0.39, 0.29) is 0 Å². The van der Waals surface area contributed by atoms with Gasteiger partial charge < -0.3 is 5.11 Å². The molecule has 2 nitrogen and oxygen atoms in total. The van der Waals surface area contributed by atoms with E-state index >= 15 is 0 Å². The highest BCUT2D eigenvalue weighted by Crippen LogP contribution is 2.15. The molecule has 0 aliphatic carbocycles. The fraction of sp³-hybridized carbons (Fsp3) is 1.00. The molecule has 0 aliphatic heterocycles. The van der Waals surface area contributed by atoms with Crippen LogP contribution in [0.1, 0.15) is 123 Å². The fourth-order valence-electron chi connectivity index (χ4n) is 3.14. The first-order valence-electron chi connectivity index (χ1n) is 10.5. The van der Waals surface area contributed by atoms with E-state index in [2.05, 4.69) is 12.2 Å². The summed E-state index contributed by atoms with van der Waals surface area (Å²) in [5.74, 6) is 0. The fourth-order valence-corrected chi connectivity index (χ4v) is 3.14. The van der Waals surface area contributed by atoms with Crippen molar-refractivity contribution in [1.82, 2.24) is 5.32 Å². The average Bonchev–Trinajstić information content (AvgIpc) is 2.54. The first kappa shape index (κ1) is 22.9. The second kappa shape index (κ2) is 16.8. The van der Waals surface area contributed by atoms with Crippen LogP contribution in [0.4, 0.5) is 0 Å². The minimum atomic E-state index is -0.671. The van der Waals surface area contributed by atoms with E-state index in [1.807, 2.05) is 14.0 Å². The van der Waals surface area contributed by atoms with Gasteiger partial charge in [-0.15, -0.1) is 0 Å². The first-order valence-corrected chi connectivity index (χ1v) is 10.5. The molecule has 0 aliphatic rings. The predicted octanol–water partition coefficient (Wildman–Crippen LogP) is 6.57.